The third-order valence-corrected chi connectivity index (χ3v) is 5.64. The molecule has 1 heterocycles. The van der Waals surface area contributed by atoms with Gasteiger partial charge in [0.25, 0.3) is 0 Å². The Morgan fingerprint density at radius 1 is 1.08 bits per heavy atom. The molecular formula is C26H25F3N6O2S. The number of rotatable bonds is 9. The first kappa shape index (κ1) is 27.0. The maximum absolute atomic E-state index is 12.4. The van der Waals surface area contributed by atoms with E-state index in [0.29, 0.717) is 29.6 Å². The van der Waals surface area contributed by atoms with Gasteiger partial charge >= 0.3 is 6.36 Å². The van der Waals surface area contributed by atoms with Crippen LogP contribution in [0.15, 0.2) is 79.1 Å². The van der Waals surface area contributed by atoms with Crippen LogP contribution in [0.5, 0.6) is 5.75 Å². The van der Waals surface area contributed by atoms with Crippen molar-refractivity contribution < 1.29 is 23.0 Å². The predicted octanol–water partition coefficient (Wildman–Crippen LogP) is 4.54. The van der Waals surface area contributed by atoms with Crippen molar-refractivity contribution in [3.63, 3.8) is 0 Å². The van der Waals surface area contributed by atoms with E-state index in [4.69, 9.17) is 12.2 Å². The number of benzene rings is 3. The minimum absolute atomic E-state index is 0.297. The quantitative estimate of drug-likeness (QED) is 0.181. The van der Waals surface area contributed by atoms with Crippen LogP contribution in [-0.2, 0) is 6.42 Å². The number of hydrogen-bond acceptors (Lipinski definition) is 6. The summed E-state index contributed by atoms with van der Waals surface area (Å²) in [5.41, 5.74) is 4.20. The van der Waals surface area contributed by atoms with Crippen molar-refractivity contribution in [2.75, 3.05) is 11.9 Å². The van der Waals surface area contributed by atoms with Gasteiger partial charge in [-0.3, -0.25) is 5.32 Å². The highest BCUT2D eigenvalue weighted by Crippen LogP contribution is 2.24. The lowest BCUT2D eigenvalue weighted by Crippen LogP contribution is -2.47. The van der Waals surface area contributed by atoms with Crippen molar-refractivity contribution in [1.29, 1.82) is 0 Å². The van der Waals surface area contributed by atoms with Crippen molar-refractivity contribution >= 4 is 23.0 Å². The Morgan fingerprint density at radius 3 is 2.58 bits per heavy atom. The first-order chi connectivity index (χ1) is 18.2. The van der Waals surface area contributed by atoms with Crippen LogP contribution >= 0.6 is 12.2 Å². The molecule has 3 aromatic carbocycles. The fraction of sp³-hybridized carbons (Fsp3) is 0.192. The average Bonchev–Trinajstić information content (AvgIpc) is 3.36. The van der Waals surface area contributed by atoms with Crippen LogP contribution < -0.4 is 20.7 Å². The number of alkyl halides is 3. The first-order valence-electron chi connectivity index (χ1n) is 11.6. The molecule has 1 aromatic heterocycles. The Balaban J connectivity index is 1.29. The average molecular weight is 543 g/mol. The number of para-hydroxylation sites is 1. The number of ether oxygens (including phenoxy) is 1. The molecule has 0 aliphatic carbocycles. The van der Waals surface area contributed by atoms with E-state index >= 15 is 0 Å². The Hall–Kier alpha value is -4.00. The molecule has 0 aliphatic rings. The van der Waals surface area contributed by atoms with E-state index in [-0.39, 0.29) is 5.75 Å². The fourth-order valence-corrected chi connectivity index (χ4v) is 3.81. The van der Waals surface area contributed by atoms with Gasteiger partial charge in [0, 0.05) is 17.8 Å². The summed E-state index contributed by atoms with van der Waals surface area (Å²) in [6.45, 7) is 2.43. The van der Waals surface area contributed by atoms with Crippen LogP contribution in [0.4, 0.5) is 18.9 Å². The molecule has 1 unspecified atom stereocenters. The molecule has 0 spiro atoms. The monoisotopic (exact) mass is 542 g/mol. The summed E-state index contributed by atoms with van der Waals surface area (Å²) < 4.78 is 42.5. The summed E-state index contributed by atoms with van der Waals surface area (Å²) in [7, 11) is 0. The number of aliphatic hydroxyl groups is 1. The van der Waals surface area contributed by atoms with Crippen molar-refractivity contribution in [1.82, 2.24) is 25.4 Å². The molecule has 0 saturated carbocycles. The normalized spacial score (nSPS) is 12.1. The van der Waals surface area contributed by atoms with E-state index in [1.165, 1.54) is 35.3 Å². The molecule has 4 N–H and O–H groups in total. The third-order valence-electron chi connectivity index (χ3n) is 5.42. The Labute approximate surface area is 222 Å². The number of hydrogen-bond donors (Lipinski definition) is 4. The summed E-state index contributed by atoms with van der Waals surface area (Å²) in [6, 6.07) is 20.7. The van der Waals surface area contributed by atoms with Gasteiger partial charge in [0.15, 0.2) is 17.3 Å². The molecule has 0 bridgehead atoms. The van der Waals surface area contributed by atoms with Gasteiger partial charge in [-0.1, -0.05) is 36.4 Å². The molecule has 38 heavy (non-hydrogen) atoms. The van der Waals surface area contributed by atoms with Crippen molar-refractivity contribution in [2.45, 2.75) is 26.1 Å². The molecule has 0 saturated heterocycles. The van der Waals surface area contributed by atoms with E-state index in [1.807, 2.05) is 55.5 Å². The second-order valence-corrected chi connectivity index (χ2v) is 8.68. The van der Waals surface area contributed by atoms with Crippen LogP contribution in [0.3, 0.4) is 0 Å². The van der Waals surface area contributed by atoms with Gasteiger partial charge in [-0.15, -0.1) is 18.3 Å². The highest BCUT2D eigenvalue weighted by molar-refractivity contribution is 7.80. The van der Waals surface area contributed by atoms with Gasteiger partial charge in [-0.05, 0) is 73.1 Å². The van der Waals surface area contributed by atoms with Gasteiger partial charge in [0.1, 0.15) is 12.1 Å². The molecular weight excluding hydrogens is 517 g/mol. The van der Waals surface area contributed by atoms with Gasteiger partial charge in [-0.2, -0.15) is 0 Å². The maximum Gasteiger partial charge on any atom is 0.573 e. The van der Waals surface area contributed by atoms with Gasteiger partial charge < -0.3 is 20.5 Å². The number of halogens is 3. The van der Waals surface area contributed by atoms with Crippen molar-refractivity contribution in [3.8, 4) is 22.8 Å². The molecule has 1 atom stereocenters. The zero-order valence-corrected chi connectivity index (χ0v) is 21.1. The number of nitrogens with zero attached hydrogens (tertiary/aromatic N) is 3. The number of thiocarbonyl (C=S) groups is 1. The van der Waals surface area contributed by atoms with E-state index < -0.39 is 12.7 Å². The van der Waals surface area contributed by atoms with Crippen molar-refractivity contribution in [2.24, 2.45) is 0 Å². The number of aliphatic hydroxyl groups excluding tert-OH is 1. The standard InChI is InChI=1S/C26H25F3N6O2S/c1-17-5-2-3-8-22(17)32-25(38)33-24(36)30-14-13-18-6-4-7-19(15-18)23-31-16-35(34-23)20-9-11-21(12-10-20)37-26(27,28)29/h2-12,15-16,24,30,36H,13-14H2,1H3,(H2,32,33,38). The summed E-state index contributed by atoms with van der Waals surface area (Å²) in [5.74, 6) is 0.150. The highest BCUT2D eigenvalue weighted by atomic mass is 32.1. The third kappa shape index (κ3) is 7.75. The molecule has 4 aromatic rings. The van der Waals surface area contributed by atoms with E-state index in [1.54, 1.807) is 0 Å². The molecule has 8 nitrogen and oxygen atoms in total. The fourth-order valence-electron chi connectivity index (χ4n) is 3.59. The minimum atomic E-state index is -4.75. The second kappa shape index (κ2) is 12.0. The summed E-state index contributed by atoms with van der Waals surface area (Å²) in [4.78, 5) is 4.32. The Bertz CT molecular complexity index is 1380. The SMILES string of the molecule is Cc1ccccc1NC(=S)NC(O)NCCc1cccc(-c2ncn(-c3ccc(OC(F)(F)F)cc3)n2)c1. The van der Waals surface area contributed by atoms with E-state index in [9.17, 15) is 18.3 Å². The Morgan fingerprint density at radius 2 is 1.84 bits per heavy atom. The van der Waals surface area contributed by atoms with Gasteiger partial charge in [0.2, 0.25) is 0 Å². The molecule has 0 amide bonds. The topological polar surface area (TPSA) is 96.3 Å². The lowest BCUT2D eigenvalue weighted by Gasteiger charge is -2.18. The summed E-state index contributed by atoms with van der Waals surface area (Å²) >= 11 is 5.26. The molecule has 0 fully saturated rings. The summed E-state index contributed by atoms with van der Waals surface area (Å²) in [6.07, 6.45) is -3.68. The number of aryl methyl sites for hydroxylation is 1. The number of aromatic nitrogens is 3. The zero-order chi connectivity index (χ0) is 27.1. The van der Waals surface area contributed by atoms with Crippen LogP contribution in [0.2, 0.25) is 0 Å². The smallest absolute Gasteiger partial charge is 0.406 e. The number of anilines is 1. The molecule has 0 radical (unpaired) electrons. The maximum atomic E-state index is 12.4. The predicted molar refractivity (Wildman–Crippen MR) is 142 cm³/mol. The zero-order valence-electron chi connectivity index (χ0n) is 20.2. The largest absolute Gasteiger partial charge is 0.573 e. The highest BCUT2D eigenvalue weighted by Gasteiger charge is 2.31. The summed E-state index contributed by atoms with van der Waals surface area (Å²) in [5, 5.41) is 23.8. The Kier molecular flexibility index (Phi) is 8.56. The number of nitrogens with one attached hydrogen (secondary N) is 3. The van der Waals surface area contributed by atoms with Crippen LogP contribution in [0, 0.1) is 6.92 Å². The first-order valence-corrected chi connectivity index (χ1v) is 12.0. The molecule has 4 rings (SSSR count). The lowest BCUT2D eigenvalue weighted by molar-refractivity contribution is -0.274. The minimum Gasteiger partial charge on any atom is -0.406 e. The van der Waals surface area contributed by atoms with Crippen molar-refractivity contribution in [3.05, 3.63) is 90.3 Å². The van der Waals surface area contributed by atoms with Gasteiger partial charge in [0.05, 0.1) is 5.69 Å². The molecule has 12 heteroatoms. The lowest BCUT2D eigenvalue weighted by atomic mass is 10.1. The van der Waals surface area contributed by atoms with Crippen LogP contribution in [0.25, 0.3) is 17.1 Å². The molecule has 0 aliphatic heterocycles. The van der Waals surface area contributed by atoms with Crippen LogP contribution in [-0.4, -0.2) is 44.2 Å². The van der Waals surface area contributed by atoms with E-state index in [0.717, 1.165) is 22.4 Å². The second-order valence-electron chi connectivity index (χ2n) is 8.27. The van der Waals surface area contributed by atoms with Crippen LogP contribution in [0.1, 0.15) is 11.1 Å². The van der Waals surface area contributed by atoms with Gasteiger partial charge in [-0.25, -0.2) is 9.67 Å². The molecule has 198 valence electrons. The van der Waals surface area contributed by atoms with E-state index in [2.05, 4.69) is 30.8 Å².